The van der Waals surface area contributed by atoms with E-state index in [1.807, 2.05) is 13.1 Å². The van der Waals surface area contributed by atoms with Gasteiger partial charge in [-0.15, -0.1) is 0 Å². The summed E-state index contributed by atoms with van der Waals surface area (Å²) >= 11 is 0. The van der Waals surface area contributed by atoms with Crippen molar-refractivity contribution in [3.05, 3.63) is 53.3 Å². The highest BCUT2D eigenvalue weighted by Gasteiger charge is 2.28. The SMILES string of the molecule is Cc1cc(N2c3ccccc3CC2C)c(CN)cn1. The number of aryl methyl sites for hydroxylation is 1. The maximum atomic E-state index is 5.87. The summed E-state index contributed by atoms with van der Waals surface area (Å²) in [5.41, 5.74) is 11.9. The van der Waals surface area contributed by atoms with E-state index in [0.29, 0.717) is 12.6 Å². The molecule has 0 saturated carbocycles. The highest BCUT2D eigenvalue weighted by molar-refractivity contribution is 5.73. The van der Waals surface area contributed by atoms with Gasteiger partial charge in [0.1, 0.15) is 0 Å². The van der Waals surface area contributed by atoms with Gasteiger partial charge in [0.15, 0.2) is 0 Å². The van der Waals surface area contributed by atoms with Crippen molar-refractivity contribution in [3.63, 3.8) is 0 Å². The molecule has 0 fully saturated rings. The number of hydrogen-bond donors (Lipinski definition) is 1. The van der Waals surface area contributed by atoms with Crippen LogP contribution < -0.4 is 10.6 Å². The fraction of sp³-hybridized carbons (Fsp3) is 0.312. The van der Waals surface area contributed by atoms with Gasteiger partial charge in [0, 0.05) is 41.4 Å². The summed E-state index contributed by atoms with van der Waals surface area (Å²) in [5, 5.41) is 0. The number of rotatable bonds is 2. The Bertz CT molecular complexity index is 607. The van der Waals surface area contributed by atoms with Crippen LogP contribution in [0.25, 0.3) is 0 Å². The fourth-order valence-corrected chi connectivity index (χ4v) is 2.89. The number of anilines is 2. The summed E-state index contributed by atoms with van der Waals surface area (Å²) < 4.78 is 0. The largest absolute Gasteiger partial charge is 0.338 e. The lowest BCUT2D eigenvalue weighted by Gasteiger charge is -2.27. The van der Waals surface area contributed by atoms with Crippen molar-refractivity contribution in [1.82, 2.24) is 4.98 Å². The Morgan fingerprint density at radius 3 is 2.89 bits per heavy atom. The molecule has 0 aliphatic carbocycles. The minimum atomic E-state index is 0.462. The van der Waals surface area contributed by atoms with Crippen LogP contribution in [0.3, 0.4) is 0 Å². The summed E-state index contributed by atoms with van der Waals surface area (Å²) in [7, 11) is 0. The molecule has 2 aromatic rings. The van der Waals surface area contributed by atoms with Gasteiger partial charge in [-0.1, -0.05) is 18.2 Å². The molecule has 3 nitrogen and oxygen atoms in total. The Balaban J connectivity index is 2.14. The highest BCUT2D eigenvalue weighted by atomic mass is 15.2. The first-order valence-corrected chi connectivity index (χ1v) is 6.73. The third kappa shape index (κ3) is 2.00. The Hall–Kier alpha value is -1.87. The second kappa shape index (κ2) is 4.67. The first kappa shape index (κ1) is 12.2. The van der Waals surface area contributed by atoms with E-state index in [4.69, 9.17) is 5.73 Å². The van der Waals surface area contributed by atoms with Crippen LogP contribution in [-0.2, 0) is 13.0 Å². The number of aromatic nitrogens is 1. The third-order valence-electron chi connectivity index (χ3n) is 3.79. The molecule has 2 N–H and O–H groups in total. The first-order valence-electron chi connectivity index (χ1n) is 6.73. The van der Waals surface area contributed by atoms with Gasteiger partial charge in [-0.2, -0.15) is 0 Å². The van der Waals surface area contributed by atoms with Crippen molar-refractivity contribution in [1.29, 1.82) is 0 Å². The molecule has 98 valence electrons. The van der Waals surface area contributed by atoms with Crippen LogP contribution >= 0.6 is 0 Å². The van der Waals surface area contributed by atoms with Gasteiger partial charge in [0.2, 0.25) is 0 Å². The fourth-order valence-electron chi connectivity index (χ4n) is 2.89. The molecular weight excluding hydrogens is 234 g/mol. The smallest absolute Gasteiger partial charge is 0.0492 e. The molecule has 1 aromatic carbocycles. The van der Waals surface area contributed by atoms with Gasteiger partial charge in [-0.25, -0.2) is 0 Å². The van der Waals surface area contributed by atoms with Crippen LogP contribution in [0.15, 0.2) is 36.5 Å². The lowest BCUT2D eigenvalue weighted by Crippen LogP contribution is -2.25. The van der Waals surface area contributed by atoms with E-state index in [1.165, 1.54) is 16.9 Å². The Morgan fingerprint density at radius 2 is 2.11 bits per heavy atom. The van der Waals surface area contributed by atoms with E-state index in [2.05, 4.69) is 47.1 Å². The van der Waals surface area contributed by atoms with Crippen molar-refractivity contribution in [2.45, 2.75) is 32.9 Å². The number of pyridine rings is 1. The minimum Gasteiger partial charge on any atom is -0.338 e. The first-order chi connectivity index (χ1) is 9.20. The summed E-state index contributed by atoms with van der Waals surface area (Å²) in [6.45, 7) is 4.81. The number of fused-ring (bicyclic) bond motifs is 1. The molecule has 0 saturated heterocycles. The predicted molar refractivity (Wildman–Crippen MR) is 78.6 cm³/mol. The second-order valence-corrected chi connectivity index (χ2v) is 5.21. The van der Waals surface area contributed by atoms with E-state index in [0.717, 1.165) is 17.7 Å². The normalized spacial score (nSPS) is 17.6. The summed E-state index contributed by atoms with van der Waals surface area (Å²) in [4.78, 5) is 6.75. The molecule has 1 aliphatic heterocycles. The summed E-state index contributed by atoms with van der Waals surface area (Å²) in [5.74, 6) is 0. The molecule has 1 atom stereocenters. The van der Waals surface area contributed by atoms with Gasteiger partial charge in [0.25, 0.3) is 0 Å². The maximum absolute atomic E-state index is 5.87. The molecule has 2 heterocycles. The van der Waals surface area contributed by atoms with Gasteiger partial charge in [-0.3, -0.25) is 4.98 Å². The van der Waals surface area contributed by atoms with E-state index in [-0.39, 0.29) is 0 Å². The van der Waals surface area contributed by atoms with Gasteiger partial charge in [0.05, 0.1) is 0 Å². The number of nitrogens with zero attached hydrogens (tertiary/aromatic N) is 2. The number of nitrogens with two attached hydrogens (primary N) is 1. The number of para-hydroxylation sites is 1. The Labute approximate surface area is 114 Å². The van der Waals surface area contributed by atoms with E-state index in [9.17, 15) is 0 Å². The molecule has 3 rings (SSSR count). The Kier molecular flexibility index (Phi) is 2.99. The third-order valence-corrected chi connectivity index (χ3v) is 3.79. The van der Waals surface area contributed by atoms with Gasteiger partial charge < -0.3 is 10.6 Å². The lowest BCUT2D eigenvalue weighted by molar-refractivity contribution is 0.753. The van der Waals surface area contributed by atoms with E-state index in [1.54, 1.807) is 0 Å². The van der Waals surface area contributed by atoms with Crippen LogP contribution in [0, 0.1) is 6.92 Å². The summed E-state index contributed by atoms with van der Waals surface area (Å²) in [6.07, 6.45) is 2.99. The highest BCUT2D eigenvalue weighted by Crippen LogP contribution is 2.39. The number of benzene rings is 1. The quantitative estimate of drug-likeness (QED) is 0.894. The molecule has 1 aromatic heterocycles. The molecule has 3 heteroatoms. The molecule has 0 spiro atoms. The zero-order chi connectivity index (χ0) is 13.4. The van der Waals surface area contributed by atoms with Crippen molar-refractivity contribution < 1.29 is 0 Å². The average Bonchev–Trinajstić information content (AvgIpc) is 2.74. The van der Waals surface area contributed by atoms with Gasteiger partial charge >= 0.3 is 0 Å². The minimum absolute atomic E-state index is 0.462. The maximum Gasteiger partial charge on any atom is 0.0492 e. The molecule has 19 heavy (non-hydrogen) atoms. The van der Waals surface area contributed by atoms with Crippen LogP contribution in [0.1, 0.15) is 23.7 Å². The predicted octanol–water partition coefficient (Wildman–Crippen LogP) is 2.93. The van der Waals surface area contributed by atoms with Crippen molar-refractivity contribution in [3.8, 4) is 0 Å². The molecule has 1 unspecified atom stereocenters. The zero-order valence-corrected chi connectivity index (χ0v) is 11.4. The zero-order valence-electron chi connectivity index (χ0n) is 11.4. The summed E-state index contributed by atoms with van der Waals surface area (Å²) in [6, 6.07) is 11.2. The van der Waals surface area contributed by atoms with Crippen LogP contribution in [-0.4, -0.2) is 11.0 Å². The van der Waals surface area contributed by atoms with Crippen molar-refractivity contribution >= 4 is 11.4 Å². The standard InChI is InChI=1S/C16H19N3/c1-11-7-16(14(9-17)10-18-11)19-12(2)8-13-5-3-4-6-15(13)19/h3-7,10,12H,8-9,17H2,1-2H3. The molecule has 1 aliphatic rings. The van der Waals surface area contributed by atoms with Crippen LogP contribution in [0.4, 0.5) is 11.4 Å². The molecular formula is C16H19N3. The second-order valence-electron chi connectivity index (χ2n) is 5.21. The van der Waals surface area contributed by atoms with E-state index >= 15 is 0 Å². The topological polar surface area (TPSA) is 42.1 Å². The van der Waals surface area contributed by atoms with Crippen LogP contribution in [0.2, 0.25) is 0 Å². The lowest BCUT2D eigenvalue weighted by atomic mass is 10.1. The average molecular weight is 253 g/mol. The van der Waals surface area contributed by atoms with E-state index < -0.39 is 0 Å². The van der Waals surface area contributed by atoms with Crippen LogP contribution in [0.5, 0.6) is 0 Å². The molecule has 0 radical (unpaired) electrons. The van der Waals surface area contributed by atoms with Crippen molar-refractivity contribution in [2.75, 3.05) is 4.90 Å². The van der Waals surface area contributed by atoms with Gasteiger partial charge in [-0.05, 0) is 38.0 Å². The molecule has 0 amide bonds. The monoisotopic (exact) mass is 253 g/mol. The Morgan fingerprint density at radius 1 is 1.32 bits per heavy atom. The van der Waals surface area contributed by atoms with Crippen molar-refractivity contribution in [2.24, 2.45) is 5.73 Å². The molecule has 0 bridgehead atoms. The number of hydrogen-bond acceptors (Lipinski definition) is 3.